The molecule has 17 heavy (non-hydrogen) atoms. The number of rotatable bonds is 4. The second-order valence-electron chi connectivity index (χ2n) is 3.50. The molecule has 5 heteroatoms. The lowest BCUT2D eigenvalue weighted by molar-refractivity contribution is 0.174. The van der Waals surface area contributed by atoms with Crippen LogP contribution in [0.1, 0.15) is 11.6 Å². The minimum atomic E-state index is -0.444. The van der Waals surface area contributed by atoms with Crippen LogP contribution >= 0.6 is 11.6 Å². The average Bonchev–Trinajstić information content (AvgIpc) is 2.79. The zero-order chi connectivity index (χ0) is 12.3. The summed E-state index contributed by atoms with van der Waals surface area (Å²) < 4.78 is 10.5. The Bertz CT molecular complexity index is 482. The molecule has 88 valence electrons. The number of benzene rings is 1. The second-order valence-corrected chi connectivity index (χ2v) is 3.90. The summed E-state index contributed by atoms with van der Waals surface area (Å²) in [5.74, 6) is 1.11. The molecule has 0 saturated carbocycles. The van der Waals surface area contributed by atoms with Gasteiger partial charge in [-0.3, -0.25) is 5.32 Å². The number of nitriles is 1. The van der Waals surface area contributed by atoms with Gasteiger partial charge in [0.15, 0.2) is 11.5 Å². The first-order valence-electron chi connectivity index (χ1n) is 5.09. The van der Waals surface area contributed by atoms with Gasteiger partial charge in [-0.1, -0.05) is 17.7 Å². The largest absolute Gasteiger partial charge is 0.454 e. The number of ether oxygens (including phenoxy) is 2. The maximum absolute atomic E-state index is 9.08. The Balaban J connectivity index is 2.29. The third-order valence-electron chi connectivity index (χ3n) is 2.38. The zero-order valence-electron chi connectivity index (χ0n) is 9.07. The smallest absolute Gasteiger partial charge is 0.231 e. The van der Waals surface area contributed by atoms with Crippen molar-refractivity contribution in [2.24, 2.45) is 0 Å². The molecule has 1 heterocycles. The summed E-state index contributed by atoms with van der Waals surface area (Å²) >= 11 is 6.05. The molecule has 0 radical (unpaired) electrons. The summed E-state index contributed by atoms with van der Waals surface area (Å²) in [6, 6.07) is 5.18. The fourth-order valence-corrected chi connectivity index (χ4v) is 1.87. The summed E-state index contributed by atoms with van der Waals surface area (Å²) in [7, 11) is 0. The predicted molar refractivity (Wildman–Crippen MR) is 64.1 cm³/mol. The first-order chi connectivity index (χ1) is 8.26. The monoisotopic (exact) mass is 250 g/mol. The van der Waals surface area contributed by atoms with Crippen molar-refractivity contribution in [1.29, 1.82) is 5.26 Å². The number of nitrogens with zero attached hydrogens (tertiary/aromatic N) is 1. The molecule has 1 N–H and O–H groups in total. The fraction of sp³-hybridized carbons (Fsp3) is 0.250. The Kier molecular flexibility index (Phi) is 3.52. The highest BCUT2D eigenvalue weighted by Gasteiger charge is 2.21. The van der Waals surface area contributed by atoms with E-state index in [1.807, 2.05) is 0 Å². The molecule has 0 aliphatic carbocycles. The lowest BCUT2D eigenvalue weighted by atomic mass is 10.1. The van der Waals surface area contributed by atoms with E-state index in [4.69, 9.17) is 26.3 Å². The molecule has 1 unspecified atom stereocenters. The fourth-order valence-electron chi connectivity index (χ4n) is 1.59. The molecule has 1 aliphatic rings. The highest BCUT2D eigenvalue weighted by Crippen LogP contribution is 2.40. The van der Waals surface area contributed by atoms with E-state index in [1.54, 1.807) is 18.2 Å². The highest BCUT2D eigenvalue weighted by atomic mass is 35.5. The van der Waals surface area contributed by atoms with Gasteiger partial charge < -0.3 is 9.47 Å². The molecule has 0 amide bonds. The average molecular weight is 251 g/mol. The lowest BCUT2D eigenvalue weighted by Gasteiger charge is -2.11. The van der Waals surface area contributed by atoms with Crippen LogP contribution in [0.15, 0.2) is 24.8 Å². The van der Waals surface area contributed by atoms with E-state index >= 15 is 0 Å². The van der Waals surface area contributed by atoms with Crippen molar-refractivity contribution in [3.05, 3.63) is 35.4 Å². The second kappa shape index (κ2) is 5.09. The topological polar surface area (TPSA) is 54.3 Å². The molecule has 0 bridgehead atoms. The summed E-state index contributed by atoms with van der Waals surface area (Å²) in [6.45, 7) is 4.30. The Labute approximate surface area is 104 Å². The Morgan fingerprint density at radius 3 is 3.12 bits per heavy atom. The van der Waals surface area contributed by atoms with E-state index in [0.29, 0.717) is 23.1 Å². The molecule has 0 fully saturated rings. The third kappa shape index (κ3) is 2.36. The van der Waals surface area contributed by atoms with Crippen LogP contribution in [0, 0.1) is 11.3 Å². The van der Waals surface area contributed by atoms with Gasteiger partial charge in [-0.05, 0) is 17.7 Å². The molecule has 2 rings (SSSR count). The van der Waals surface area contributed by atoms with E-state index in [0.717, 1.165) is 5.56 Å². The first kappa shape index (κ1) is 11.8. The summed E-state index contributed by atoms with van der Waals surface area (Å²) in [4.78, 5) is 0. The van der Waals surface area contributed by atoms with Gasteiger partial charge in [0.25, 0.3) is 0 Å². The van der Waals surface area contributed by atoms with Crippen LogP contribution in [0.5, 0.6) is 11.5 Å². The number of hydrogen-bond acceptors (Lipinski definition) is 4. The van der Waals surface area contributed by atoms with Gasteiger partial charge in [-0.15, -0.1) is 6.58 Å². The van der Waals surface area contributed by atoms with Crippen LogP contribution in [0.4, 0.5) is 0 Å². The van der Waals surface area contributed by atoms with Crippen LogP contribution in [0.3, 0.4) is 0 Å². The van der Waals surface area contributed by atoms with Gasteiger partial charge in [-0.2, -0.15) is 5.26 Å². The molecule has 1 aliphatic heterocycles. The predicted octanol–water partition coefficient (Wildman–Crippen LogP) is 2.41. The minimum absolute atomic E-state index is 0.163. The van der Waals surface area contributed by atoms with Crippen LogP contribution in [0.2, 0.25) is 5.02 Å². The van der Waals surface area contributed by atoms with Crippen molar-refractivity contribution in [2.75, 3.05) is 13.3 Å². The SMILES string of the molecule is C=CCNC(C#N)c1cc(Cl)c2c(c1)OCO2. The van der Waals surface area contributed by atoms with Crippen LogP contribution in [-0.4, -0.2) is 13.3 Å². The normalized spacial score (nSPS) is 14.1. The first-order valence-corrected chi connectivity index (χ1v) is 5.47. The minimum Gasteiger partial charge on any atom is -0.454 e. The van der Waals surface area contributed by atoms with Gasteiger partial charge in [0.05, 0.1) is 11.1 Å². The summed E-state index contributed by atoms with van der Waals surface area (Å²) in [5, 5.41) is 12.6. The number of halogens is 1. The summed E-state index contributed by atoms with van der Waals surface area (Å²) in [6.07, 6.45) is 1.69. The molecule has 1 aromatic carbocycles. The van der Waals surface area contributed by atoms with Gasteiger partial charge in [0, 0.05) is 6.54 Å². The van der Waals surface area contributed by atoms with Gasteiger partial charge in [0.2, 0.25) is 6.79 Å². The molecule has 0 saturated heterocycles. The van der Waals surface area contributed by atoms with Gasteiger partial charge >= 0.3 is 0 Å². The summed E-state index contributed by atoms with van der Waals surface area (Å²) in [5.41, 5.74) is 0.753. The van der Waals surface area contributed by atoms with E-state index in [2.05, 4.69) is 18.0 Å². The van der Waals surface area contributed by atoms with E-state index < -0.39 is 6.04 Å². The molecule has 1 atom stereocenters. The lowest BCUT2D eigenvalue weighted by Crippen LogP contribution is -2.19. The quantitative estimate of drug-likeness (QED) is 0.834. The molecule has 4 nitrogen and oxygen atoms in total. The van der Waals surface area contributed by atoms with Crippen molar-refractivity contribution >= 4 is 11.6 Å². The van der Waals surface area contributed by atoms with E-state index in [-0.39, 0.29) is 6.79 Å². The van der Waals surface area contributed by atoms with Crippen LogP contribution < -0.4 is 14.8 Å². The van der Waals surface area contributed by atoms with Crippen LogP contribution in [0.25, 0.3) is 0 Å². The molecule has 1 aromatic rings. The Morgan fingerprint density at radius 1 is 1.59 bits per heavy atom. The van der Waals surface area contributed by atoms with Crippen LogP contribution in [-0.2, 0) is 0 Å². The molecular weight excluding hydrogens is 240 g/mol. The molecule has 0 spiro atoms. The number of nitrogens with one attached hydrogen (secondary N) is 1. The maximum atomic E-state index is 9.08. The zero-order valence-corrected chi connectivity index (χ0v) is 9.83. The maximum Gasteiger partial charge on any atom is 0.231 e. The van der Waals surface area contributed by atoms with Gasteiger partial charge in [-0.25, -0.2) is 0 Å². The van der Waals surface area contributed by atoms with Gasteiger partial charge in [0.1, 0.15) is 6.04 Å². The number of fused-ring (bicyclic) bond motifs is 1. The van der Waals surface area contributed by atoms with Crippen molar-refractivity contribution in [1.82, 2.24) is 5.32 Å². The third-order valence-corrected chi connectivity index (χ3v) is 2.66. The van der Waals surface area contributed by atoms with Crippen molar-refractivity contribution in [3.63, 3.8) is 0 Å². The van der Waals surface area contributed by atoms with Crippen molar-refractivity contribution in [2.45, 2.75) is 6.04 Å². The molecular formula is C12H11ClN2O2. The van der Waals surface area contributed by atoms with Crippen molar-refractivity contribution < 1.29 is 9.47 Å². The Hall–Kier alpha value is -1.70. The number of hydrogen-bond donors (Lipinski definition) is 1. The van der Waals surface area contributed by atoms with E-state index in [1.165, 1.54) is 0 Å². The molecule has 0 aromatic heterocycles. The Morgan fingerprint density at radius 2 is 2.41 bits per heavy atom. The highest BCUT2D eigenvalue weighted by molar-refractivity contribution is 6.32. The standard InChI is InChI=1S/C12H11ClN2O2/c1-2-3-15-10(6-14)8-4-9(13)12-11(5-8)16-7-17-12/h2,4-5,10,15H,1,3,7H2. The van der Waals surface area contributed by atoms with E-state index in [9.17, 15) is 0 Å². The van der Waals surface area contributed by atoms with Crippen molar-refractivity contribution in [3.8, 4) is 17.6 Å².